The van der Waals surface area contributed by atoms with E-state index in [2.05, 4.69) is 4.37 Å². The van der Waals surface area contributed by atoms with E-state index in [0.717, 1.165) is 43.9 Å². The predicted molar refractivity (Wildman–Crippen MR) is 105 cm³/mol. The van der Waals surface area contributed by atoms with E-state index >= 15 is 4.39 Å². The molecule has 1 saturated heterocycles. The van der Waals surface area contributed by atoms with Crippen LogP contribution in [0, 0.1) is 11.9 Å². The fraction of sp³-hybridized carbons (Fsp3) is 0.476. The van der Waals surface area contributed by atoms with Crippen molar-refractivity contribution in [2.75, 3.05) is 18.0 Å². The minimum absolute atomic E-state index is 0.0596. The van der Waals surface area contributed by atoms with E-state index < -0.39 is 29.4 Å². The number of nitrogens with zero attached hydrogens (tertiary/aromatic N) is 3. The lowest BCUT2D eigenvalue weighted by Crippen LogP contribution is -2.52. The average Bonchev–Trinajstić information content (AvgIpc) is 3.14. The first-order chi connectivity index (χ1) is 14.5. The number of ether oxygens (including phenoxy) is 1. The van der Waals surface area contributed by atoms with Gasteiger partial charge in [-0.15, -0.1) is 0 Å². The molecule has 0 saturated carbocycles. The minimum Gasteiger partial charge on any atom is -0.450 e. The van der Waals surface area contributed by atoms with Gasteiger partial charge in [0.05, 0.1) is 11.4 Å². The minimum atomic E-state index is -0.738. The van der Waals surface area contributed by atoms with Crippen molar-refractivity contribution < 1.29 is 23.1 Å². The Kier molecular flexibility index (Phi) is 3.93. The van der Waals surface area contributed by atoms with Gasteiger partial charge in [-0.3, -0.25) is 9.59 Å². The van der Waals surface area contributed by atoms with Crippen LogP contribution in [0.2, 0.25) is 0 Å². The average molecular weight is 431 g/mol. The Bertz CT molecular complexity index is 1080. The summed E-state index contributed by atoms with van der Waals surface area (Å²) in [4.78, 5) is 28.4. The molecule has 5 aliphatic rings. The summed E-state index contributed by atoms with van der Waals surface area (Å²) in [5.41, 5.74) is 1.47. The molecule has 30 heavy (non-hydrogen) atoms. The standard InChI is InChI=1S/C21H19F2N3O3S/c22-15-13(25-6-2-1-3-7-25)9-10-8-11-20(23)24-30-21(11)26-12-4-5-14(27)17(28)18(12)29-19(15)16(10)26/h9-10,16H,1-8H2. The van der Waals surface area contributed by atoms with E-state index in [9.17, 15) is 14.0 Å². The molecule has 2 unspecified atom stereocenters. The Balaban J connectivity index is 1.55. The van der Waals surface area contributed by atoms with Crippen LogP contribution in [0.4, 0.5) is 13.8 Å². The van der Waals surface area contributed by atoms with Crippen LogP contribution in [-0.4, -0.2) is 40.0 Å². The van der Waals surface area contributed by atoms with E-state index in [4.69, 9.17) is 4.74 Å². The number of hydrogen-bond donors (Lipinski definition) is 0. The van der Waals surface area contributed by atoms with Crippen molar-refractivity contribution in [3.8, 4) is 0 Å². The van der Waals surface area contributed by atoms with Crippen LogP contribution in [0.5, 0.6) is 0 Å². The number of anilines is 1. The van der Waals surface area contributed by atoms with Gasteiger partial charge in [0.1, 0.15) is 11.0 Å². The van der Waals surface area contributed by atoms with Crippen LogP contribution >= 0.6 is 11.5 Å². The van der Waals surface area contributed by atoms with Crippen molar-refractivity contribution in [3.63, 3.8) is 0 Å². The summed E-state index contributed by atoms with van der Waals surface area (Å²) in [5, 5.41) is 0.576. The molecule has 0 bridgehead atoms. The van der Waals surface area contributed by atoms with Gasteiger partial charge in [-0.2, -0.15) is 8.76 Å². The Morgan fingerprint density at radius 1 is 1.13 bits per heavy atom. The molecule has 1 aromatic rings. The highest BCUT2D eigenvalue weighted by Crippen LogP contribution is 2.52. The molecule has 9 heteroatoms. The largest absolute Gasteiger partial charge is 0.450 e. The second kappa shape index (κ2) is 6.47. The van der Waals surface area contributed by atoms with E-state index in [1.807, 2.05) is 15.9 Å². The molecule has 0 amide bonds. The summed E-state index contributed by atoms with van der Waals surface area (Å²) in [6.45, 7) is 1.50. The SMILES string of the molecule is O=C1CCC2=C(OC3=C(F)C(N4CCCCC4)=CC4Cc5c(F)nsc5N2C34)C1=O. The van der Waals surface area contributed by atoms with Crippen molar-refractivity contribution in [1.82, 2.24) is 9.27 Å². The number of hydrogen-bond acceptors (Lipinski definition) is 7. The summed E-state index contributed by atoms with van der Waals surface area (Å²) < 4.78 is 40.0. The lowest BCUT2D eigenvalue weighted by atomic mass is 9.80. The summed E-state index contributed by atoms with van der Waals surface area (Å²) in [7, 11) is 0. The second-order valence-electron chi connectivity index (χ2n) is 8.35. The number of halogens is 2. The number of ketones is 2. The highest BCUT2D eigenvalue weighted by atomic mass is 32.1. The van der Waals surface area contributed by atoms with Crippen LogP contribution in [0.1, 0.15) is 37.7 Å². The lowest BCUT2D eigenvalue weighted by Gasteiger charge is -2.49. The fourth-order valence-electron chi connectivity index (χ4n) is 5.24. The van der Waals surface area contributed by atoms with Gasteiger partial charge in [0.25, 0.3) is 5.78 Å². The zero-order chi connectivity index (χ0) is 20.6. The van der Waals surface area contributed by atoms with E-state index in [0.29, 0.717) is 34.8 Å². The maximum atomic E-state index is 15.8. The Labute approximate surface area is 175 Å². The Hall–Kier alpha value is -2.55. The van der Waals surface area contributed by atoms with Crippen LogP contribution in [0.25, 0.3) is 0 Å². The number of allylic oxidation sites excluding steroid dienone is 3. The molecule has 1 fully saturated rings. The first-order valence-corrected chi connectivity index (χ1v) is 11.1. The van der Waals surface area contributed by atoms with Crippen molar-refractivity contribution in [2.45, 2.75) is 44.6 Å². The highest BCUT2D eigenvalue weighted by Gasteiger charge is 2.51. The first-order valence-electron chi connectivity index (χ1n) is 10.3. The highest BCUT2D eigenvalue weighted by molar-refractivity contribution is 7.10. The lowest BCUT2D eigenvalue weighted by molar-refractivity contribution is -0.137. The zero-order valence-corrected chi connectivity index (χ0v) is 16.9. The summed E-state index contributed by atoms with van der Waals surface area (Å²) >= 11 is 1.00. The number of aromatic nitrogens is 1. The molecule has 2 atom stereocenters. The van der Waals surface area contributed by atoms with Crippen molar-refractivity contribution in [1.29, 1.82) is 0 Å². The Morgan fingerprint density at radius 3 is 2.73 bits per heavy atom. The quantitative estimate of drug-likeness (QED) is 0.636. The molecular formula is C21H19F2N3O3S. The van der Waals surface area contributed by atoms with Crippen LogP contribution in [0.15, 0.2) is 34.8 Å². The van der Waals surface area contributed by atoms with Gasteiger partial charge in [-0.25, -0.2) is 4.39 Å². The molecule has 6 nitrogen and oxygen atoms in total. The number of fused-ring (bicyclic) bond motifs is 3. The maximum absolute atomic E-state index is 15.8. The molecular weight excluding hydrogens is 412 g/mol. The smallest absolute Gasteiger partial charge is 0.265 e. The van der Waals surface area contributed by atoms with E-state index in [-0.39, 0.29) is 23.9 Å². The Morgan fingerprint density at radius 2 is 1.93 bits per heavy atom. The van der Waals surface area contributed by atoms with Gasteiger partial charge < -0.3 is 14.5 Å². The van der Waals surface area contributed by atoms with Crippen molar-refractivity contribution in [2.24, 2.45) is 5.92 Å². The molecule has 0 aromatic carbocycles. The van der Waals surface area contributed by atoms with Gasteiger partial charge in [-0.05, 0) is 43.6 Å². The summed E-state index contributed by atoms with van der Waals surface area (Å²) in [6.07, 6.45) is 5.74. The first kappa shape index (κ1) is 18.2. The molecule has 2 aliphatic carbocycles. The van der Waals surface area contributed by atoms with Gasteiger partial charge in [0.2, 0.25) is 11.7 Å². The molecule has 0 radical (unpaired) electrons. The third-order valence-corrected chi connectivity index (χ3v) is 7.52. The third-order valence-electron chi connectivity index (χ3n) is 6.65. The molecule has 0 N–H and O–H groups in total. The van der Waals surface area contributed by atoms with Crippen LogP contribution in [0.3, 0.4) is 0 Å². The number of likely N-dealkylation sites (tertiary alicyclic amines) is 1. The molecule has 156 valence electrons. The normalized spacial score (nSPS) is 28.1. The van der Waals surface area contributed by atoms with Gasteiger partial charge in [-0.1, -0.05) is 6.08 Å². The fourth-order valence-corrected chi connectivity index (χ4v) is 6.10. The van der Waals surface area contributed by atoms with Gasteiger partial charge in [0.15, 0.2) is 17.3 Å². The summed E-state index contributed by atoms with van der Waals surface area (Å²) in [5.74, 6) is -2.56. The number of piperidine rings is 1. The second-order valence-corrected chi connectivity index (χ2v) is 9.10. The van der Waals surface area contributed by atoms with Crippen molar-refractivity contribution in [3.05, 3.63) is 46.3 Å². The van der Waals surface area contributed by atoms with Crippen molar-refractivity contribution >= 4 is 28.1 Å². The summed E-state index contributed by atoms with van der Waals surface area (Å²) in [6, 6.07) is -0.495. The molecule has 1 aromatic heterocycles. The number of rotatable bonds is 1. The van der Waals surface area contributed by atoms with Crippen LogP contribution < -0.4 is 4.90 Å². The third kappa shape index (κ3) is 2.41. The molecule has 4 heterocycles. The number of carbonyl (C=O) groups excluding carboxylic acids is 2. The topological polar surface area (TPSA) is 62.7 Å². The number of Topliss-reactive ketones (excluding diaryl/α,β-unsaturated/α-hetero) is 2. The molecule has 3 aliphatic heterocycles. The number of carbonyl (C=O) groups is 2. The maximum Gasteiger partial charge on any atom is 0.265 e. The van der Waals surface area contributed by atoms with Crippen LogP contribution in [-0.2, 0) is 20.7 Å². The molecule has 0 spiro atoms. The monoisotopic (exact) mass is 431 g/mol. The van der Waals surface area contributed by atoms with Gasteiger partial charge in [0, 0.05) is 31.0 Å². The van der Waals surface area contributed by atoms with Gasteiger partial charge >= 0.3 is 0 Å². The molecule has 6 rings (SSSR count). The van der Waals surface area contributed by atoms with E-state index in [1.165, 1.54) is 0 Å². The van der Waals surface area contributed by atoms with E-state index in [1.54, 1.807) is 0 Å². The zero-order valence-electron chi connectivity index (χ0n) is 16.1. The predicted octanol–water partition coefficient (Wildman–Crippen LogP) is 3.37.